The van der Waals surface area contributed by atoms with Crippen molar-refractivity contribution in [2.24, 2.45) is 0 Å². The molecule has 27 heavy (non-hydrogen) atoms. The van der Waals surface area contributed by atoms with E-state index in [0.717, 1.165) is 16.9 Å². The highest BCUT2D eigenvalue weighted by molar-refractivity contribution is 7.10. The number of fused-ring (bicyclic) bond motifs is 1. The highest BCUT2D eigenvalue weighted by Crippen LogP contribution is 2.44. The van der Waals surface area contributed by atoms with Crippen LogP contribution in [-0.4, -0.2) is 43.0 Å². The van der Waals surface area contributed by atoms with E-state index in [-0.39, 0.29) is 23.9 Å². The van der Waals surface area contributed by atoms with Crippen molar-refractivity contribution in [3.05, 3.63) is 57.8 Å². The lowest BCUT2D eigenvalue weighted by molar-refractivity contribution is -0.124. The quantitative estimate of drug-likeness (QED) is 0.791. The van der Waals surface area contributed by atoms with E-state index in [9.17, 15) is 9.59 Å². The number of carbonyl (C=O) groups is 2. The van der Waals surface area contributed by atoms with Gasteiger partial charge < -0.3 is 15.0 Å². The fourth-order valence-corrected chi connectivity index (χ4v) is 4.40. The number of nitrogens with one attached hydrogen (secondary N) is 1. The molecule has 0 saturated heterocycles. The zero-order valence-corrected chi connectivity index (χ0v) is 16.8. The SMILES string of the molecule is CC[C@H](C)NC(=O)[C@H]1c2ccccc2C(=O)N(CCOC)[C@@H]1c1cccs1. The second-order valence-electron chi connectivity index (χ2n) is 6.83. The molecule has 0 aliphatic carbocycles. The van der Waals surface area contributed by atoms with E-state index < -0.39 is 5.92 Å². The predicted molar refractivity (Wildman–Crippen MR) is 107 cm³/mol. The molecule has 2 heterocycles. The van der Waals surface area contributed by atoms with Gasteiger partial charge in [-0.2, -0.15) is 0 Å². The summed E-state index contributed by atoms with van der Waals surface area (Å²) in [6.45, 7) is 4.92. The lowest BCUT2D eigenvalue weighted by Crippen LogP contribution is -2.49. The van der Waals surface area contributed by atoms with Crippen LogP contribution < -0.4 is 5.32 Å². The lowest BCUT2D eigenvalue weighted by atomic mass is 9.81. The summed E-state index contributed by atoms with van der Waals surface area (Å²) in [5.41, 5.74) is 1.40. The van der Waals surface area contributed by atoms with Gasteiger partial charge in [-0.25, -0.2) is 0 Å². The Kier molecular flexibility index (Phi) is 6.29. The zero-order valence-electron chi connectivity index (χ0n) is 16.0. The van der Waals surface area contributed by atoms with Gasteiger partial charge in [0.25, 0.3) is 5.91 Å². The molecule has 0 bridgehead atoms. The van der Waals surface area contributed by atoms with E-state index in [2.05, 4.69) is 5.32 Å². The van der Waals surface area contributed by atoms with E-state index in [0.29, 0.717) is 18.7 Å². The zero-order chi connectivity index (χ0) is 19.4. The molecule has 5 nitrogen and oxygen atoms in total. The number of hydrogen-bond donors (Lipinski definition) is 1. The van der Waals surface area contributed by atoms with Gasteiger partial charge in [-0.15, -0.1) is 11.3 Å². The standard InChI is InChI=1S/C21H26N2O3S/c1-4-14(2)22-20(24)18-15-8-5-6-9-16(15)21(25)23(11-12-26-3)19(18)17-10-7-13-27-17/h5-10,13-14,18-19H,4,11-12H2,1-3H3,(H,22,24)/t14-,18-,19+/m0/s1. The van der Waals surface area contributed by atoms with Crippen LogP contribution in [0.4, 0.5) is 0 Å². The van der Waals surface area contributed by atoms with Crippen LogP contribution in [0.25, 0.3) is 0 Å². The van der Waals surface area contributed by atoms with E-state index in [1.54, 1.807) is 23.3 Å². The summed E-state index contributed by atoms with van der Waals surface area (Å²) in [5, 5.41) is 5.10. The minimum absolute atomic E-state index is 0.0369. The summed E-state index contributed by atoms with van der Waals surface area (Å²) >= 11 is 1.57. The van der Waals surface area contributed by atoms with Crippen LogP contribution in [0, 0.1) is 0 Å². The van der Waals surface area contributed by atoms with Gasteiger partial charge in [0.15, 0.2) is 0 Å². The van der Waals surface area contributed by atoms with E-state index in [1.807, 2.05) is 55.6 Å². The summed E-state index contributed by atoms with van der Waals surface area (Å²) in [7, 11) is 1.62. The van der Waals surface area contributed by atoms with Crippen molar-refractivity contribution in [3.63, 3.8) is 0 Å². The first kappa shape index (κ1) is 19.6. The van der Waals surface area contributed by atoms with Crippen LogP contribution in [0.2, 0.25) is 0 Å². The van der Waals surface area contributed by atoms with Crippen LogP contribution in [0.3, 0.4) is 0 Å². The Labute approximate surface area is 164 Å². The summed E-state index contributed by atoms with van der Waals surface area (Å²) in [6.07, 6.45) is 0.857. The molecule has 1 aromatic heterocycles. The smallest absolute Gasteiger partial charge is 0.254 e. The monoisotopic (exact) mass is 386 g/mol. The van der Waals surface area contributed by atoms with Crippen LogP contribution >= 0.6 is 11.3 Å². The average molecular weight is 387 g/mol. The minimum atomic E-state index is -0.441. The maximum absolute atomic E-state index is 13.3. The third kappa shape index (κ3) is 3.92. The molecule has 0 spiro atoms. The van der Waals surface area contributed by atoms with Gasteiger partial charge in [-0.05, 0) is 36.4 Å². The van der Waals surface area contributed by atoms with E-state index in [1.165, 1.54) is 0 Å². The van der Waals surface area contributed by atoms with Crippen LogP contribution in [-0.2, 0) is 9.53 Å². The topological polar surface area (TPSA) is 58.6 Å². The van der Waals surface area contributed by atoms with Crippen molar-refractivity contribution in [1.29, 1.82) is 0 Å². The number of nitrogens with zero attached hydrogens (tertiary/aromatic N) is 1. The summed E-state index contributed by atoms with van der Waals surface area (Å²) in [4.78, 5) is 29.3. The Balaban J connectivity index is 2.10. The first-order chi connectivity index (χ1) is 13.1. The van der Waals surface area contributed by atoms with E-state index >= 15 is 0 Å². The maximum Gasteiger partial charge on any atom is 0.254 e. The summed E-state index contributed by atoms with van der Waals surface area (Å²) in [5.74, 6) is -0.526. The number of thiophene rings is 1. The average Bonchev–Trinajstić information content (AvgIpc) is 3.21. The highest BCUT2D eigenvalue weighted by Gasteiger charge is 2.44. The summed E-state index contributed by atoms with van der Waals surface area (Å²) in [6, 6.07) is 11.2. The van der Waals surface area contributed by atoms with Crippen molar-refractivity contribution >= 4 is 23.2 Å². The Morgan fingerprint density at radius 3 is 2.74 bits per heavy atom. The number of amides is 2. The minimum Gasteiger partial charge on any atom is -0.383 e. The largest absolute Gasteiger partial charge is 0.383 e. The second kappa shape index (κ2) is 8.67. The molecule has 144 valence electrons. The molecule has 1 aliphatic heterocycles. The molecule has 3 atom stereocenters. The molecule has 1 aromatic carbocycles. The Morgan fingerprint density at radius 2 is 2.07 bits per heavy atom. The Bertz CT molecular complexity index is 790. The lowest BCUT2D eigenvalue weighted by Gasteiger charge is -2.41. The molecule has 0 fully saturated rings. The van der Waals surface area contributed by atoms with Crippen LogP contribution in [0.1, 0.15) is 53.0 Å². The molecule has 0 saturated carbocycles. The highest BCUT2D eigenvalue weighted by atomic mass is 32.1. The molecular formula is C21H26N2O3S. The van der Waals surface area contributed by atoms with Crippen molar-refractivity contribution in [3.8, 4) is 0 Å². The molecule has 1 N–H and O–H groups in total. The predicted octanol–water partition coefficient (Wildman–Crippen LogP) is 3.59. The van der Waals surface area contributed by atoms with Crippen molar-refractivity contribution in [2.75, 3.05) is 20.3 Å². The molecule has 1 aliphatic rings. The second-order valence-corrected chi connectivity index (χ2v) is 7.81. The van der Waals surface area contributed by atoms with Gasteiger partial charge in [0.1, 0.15) is 0 Å². The van der Waals surface area contributed by atoms with Crippen molar-refractivity contribution < 1.29 is 14.3 Å². The number of rotatable bonds is 7. The number of carbonyl (C=O) groups excluding carboxylic acids is 2. The Morgan fingerprint density at radius 1 is 1.30 bits per heavy atom. The molecule has 2 amide bonds. The fourth-order valence-electron chi connectivity index (χ4n) is 3.52. The first-order valence-corrected chi connectivity index (χ1v) is 10.2. The number of hydrogen-bond acceptors (Lipinski definition) is 4. The molecule has 0 radical (unpaired) electrons. The molecule has 2 aromatic rings. The van der Waals surface area contributed by atoms with Gasteiger partial charge in [-0.3, -0.25) is 9.59 Å². The van der Waals surface area contributed by atoms with Crippen molar-refractivity contribution in [1.82, 2.24) is 10.2 Å². The van der Waals surface area contributed by atoms with Gasteiger partial charge >= 0.3 is 0 Å². The van der Waals surface area contributed by atoms with E-state index in [4.69, 9.17) is 4.74 Å². The Hall–Kier alpha value is -2.18. The van der Waals surface area contributed by atoms with Gasteiger partial charge in [0, 0.05) is 30.1 Å². The maximum atomic E-state index is 13.3. The van der Waals surface area contributed by atoms with Crippen molar-refractivity contribution in [2.45, 2.75) is 38.3 Å². The van der Waals surface area contributed by atoms with Gasteiger partial charge in [-0.1, -0.05) is 31.2 Å². The fraction of sp³-hybridized carbons (Fsp3) is 0.429. The molecular weight excluding hydrogens is 360 g/mol. The number of benzene rings is 1. The molecule has 3 rings (SSSR count). The normalized spacial score (nSPS) is 20.3. The van der Waals surface area contributed by atoms with Crippen LogP contribution in [0.15, 0.2) is 41.8 Å². The first-order valence-electron chi connectivity index (χ1n) is 9.31. The third-order valence-electron chi connectivity index (χ3n) is 5.09. The summed E-state index contributed by atoms with van der Waals surface area (Å²) < 4.78 is 5.23. The van der Waals surface area contributed by atoms with Crippen LogP contribution in [0.5, 0.6) is 0 Å². The third-order valence-corrected chi connectivity index (χ3v) is 6.04. The van der Waals surface area contributed by atoms with Gasteiger partial charge in [0.2, 0.25) is 5.91 Å². The molecule has 0 unspecified atom stereocenters. The number of ether oxygens (including phenoxy) is 1. The molecule has 6 heteroatoms. The van der Waals surface area contributed by atoms with Gasteiger partial charge in [0.05, 0.1) is 18.6 Å². The number of methoxy groups -OCH3 is 1.